The van der Waals surface area contributed by atoms with E-state index in [9.17, 15) is 0 Å². The van der Waals surface area contributed by atoms with Crippen LogP contribution in [0.15, 0.2) is 36.6 Å². The third kappa shape index (κ3) is 3.79. The van der Waals surface area contributed by atoms with Crippen molar-refractivity contribution in [1.82, 2.24) is 0 Å². The van der Waals surface area contributed by atoms with Gasteiger partial charge in [-0.25, -0.2) is 0 Å². The highest BCUT2D eigenvalue weighted by Crippen LogP contribution is 2.24. The Morgan fingerprint density at radius 2 is 1.88 bits per heavy atom. The first-order chi connectivity index (χ1) is 7.99. The highest BCUT2D eigenvalue weighted by molar-refractivity contribution is 5.28. The van der Waals surface area contributed by atoms with E-state index in [1.165, 1.54) is 0 Å². The molecule has 1 rings (SSSR count). The molecule has 0 radical (unpaired) electrons. The minimum absolute atomic E-state index is 0.0370. The molecule has 0 saturated carbocycles. The summed E-state index contributed by atoms with van der Waals surface area (Å²) in [4.78, 5) is 0. The second kappa shape index (κ2) is 5.73. The van der Waals surface area contributed by atoms with Gasteiger partial charge < -0.3 is 14.6 Å². The molecule has 0 saturated heterocycles. The Morgan fingerprint density at radius 1 is 1.29 bits per heavy atom. The highest BCUT2D eigenvalue weighted by atomic mass is 16.5. The van der Waals surface area contributed by atoms with Crippen LogP contribution in [-0.2, 0) is 11.3 Å². The van der Waals surface area contributed by atoms with Gasteiger partial charge in [0.2, 0.25) is 0 Å². The summed E-state index contributed by atoms with van der Waals surface area (Å²) in [5.74, 6) is 1.33. The average Bonchev–Trinajstić information content (AvgIpc) is 2.30. The monoisotopic (exact) mass is 236 g/mol. The van der Waals surface area contributed by atoms with E-state index in [0.29, 0.717) is 12.4 Å². The van der Waals surface area contributed by atoms with Crippen molar-refractivity contribution in [3.63, 3.8) is 0 Å². The molecule has 17 heavy (non-hydrogen) atoms. The maximum Gasteiger partial charge on any atom is 0.159 e. The van der Waals surface area contributed by atoms with Crippen LogP contribution in [-0.4, -0.2) is 17.3 Å². The van der Waals surface area contributed by atoms with E-state index < -0.39 is 5.60 Å². The fraction of sp³-hybridized carbons (Fsp3) is 0.429. The maximum atomic E-state index is 8.94. The number of hydrogen-bond acceptors (Lipinski definition) is 3. The van der Waals surface area contributed by atoms with Gasteiger partial charge in [-0.1, -0.05) is 18.7 Å². The molecule has 0 atom stereocenters. The fourth-order valence-electron chi connectivity index (χ4n) is 1.36. The molecule has 0 heterocycles. The van der Waals surface area contributed by atoms with Gasteiger partial charge in [0.1, 0.15) is 11.5 Å². The zero-order valence-corrected chi connectivity index (χ0v) is 10.7. The van der Waals surface area contributed by atoms with Crippen molar-refractivity contribution in [1.29, 1.82) is 0 Å². The van der Waals surface area contributed by atoms with E-state index in [1.54, 1.807) is 0 Å². The standard InChI is InChI=1S/C14H20O3/c1-5-16-11(2)14(3,4)17-13-8-6-12(10-15)7-9-13/h6-9,15H,2,5,10H2,1,3-4H3. The molecule has 0 spiro atoms. The summed E-state index contributed by atoms with van der Waals surface area (Å²) in [5, 5.41) is 8.94. The molecule has 3 nitrogen and oxygen atoms in total. The lowest BCUT2D eigenvalue weighted by Gasteiger charge is -2.28. The Kier molecular flexibility index (Phi) is 4.58. The summed E-state index contributed by atoms with van der Waals surface area (Å²) >= 11 is 0. The van der Waals surface area contributed by atoms with Crippen molar-refractivity contribution >= 4 is 0 Å². The lowest BCUT2D eigenvalue weighted by Crippen LogP contribution is -2.31. The normalized spacial score (nSPS) is 11.1. The van der Waals surface area contributed by atoms with Crippen LogP contribution in [0.4, 0.5) is 0 Å². The second-order valence-electron chi connectivity index (χ2n) is 4.27. The van der Waals surface area contributed by atoms with Gasteiger partial charge in [0.25, 0.3) is 0 Å². The minimum Gasteiger partial charge on any atom is -0.495 e. The molecule has 1 aromatic rings. The van der Waals surface area contributed by atoms with Gasteiger partial charge in [0.05, 0.1) is 13.2 Å². The Labute approximate surface area is 103 Å². The predicted octanol–water partition coefficient (Wildman–Crippen LogP) is 2.89. The zero-order chi connectivity index (χ0) is 12.9. The van der Waals surface area contributed by atoms with Crippen molar-refractivity contribution < 1.29 is 14.6 Å². The number of hydrogen-bond donors (Lipinski definition) is 1. The molecular weight excluding hydrogens is 216 g/mol. The van der Waals surface area contributed by atoms with Crippen molar-refractivity contribution in [2.45, 2.75) is 33.0 Å². The first-order valence-electron chi connectivity index (χ1n) is 5.70. The fourth-order valence-corrected chi connectivity index (χ4v) is 1.36. The smallest absolute Gasteiger partial charge is 0.159 e. The first kappa shape index (κ1) is 13.6. The first-order valence-corrected chi connectivity index (χ1v) is 5.70. The van der Waals surface area contributed by atoms with Crippen molar-refractivity contribution in [3.05, 3.63) is 42.2 Å². The molecule has 0 aliphatic heterocycles. The number of rotatable bonds is 6. The molecule has 94 valence electrons. The van der Waals surface area contributed by atoms with Gasteiger partial charge in [-0.05, 0) is 38.5 Å². The molecule has 3 heteroatoms. The summed E-state index contributed by atoms with van der Waals surface area (Å²) in [6, 6.07) is 7.31. The van der Waals surface area contributed by atoms with Crippen LogP contribution < -0.4 is 4.74 Å². The van der Waals surface area contributed by atoms with Gasteiger partial charge in [-0.3, -0.25) is 0 Å². The van der Waals surface area contributed by atoms with Gasteiger partial charge >= 0.3 is 0 Å². The maximum absolute atomic E-state index is 8.94. The van der Waals surface area contributed by atoms with E-state index in [-0.39, 0.29) is 6.61 Å². The quantitative estimate of drug-likeness (QED) is 0.772. The molecule has 1 N–H and O–H groups in total. The Balaban J connectivity index is 2.71. The van der Waals surface area contributed by atoms with Crippen LogP contribution in [0.3, 0.4) is 0 Å². The van der Waals surface area contributed by atoms with E-state index in [1.807, 2.05) is 45.0 Å². The van der Waals surface area contributed by atoms with E-state index in [0.717, 1.165) is 11.3 Å². The highest BCUT2D eigenvalue weighted by Gasteiger charge is 2.25. The summed E-state index contributed by atoms with van der Waals surface area (Å²) in [6.45, 7) is 10.2. The lowest BCUT2D eigenvalue weighted by atomic mass is 10.1. The Hall–Kier alpha value is -1.48. The van der Waals surface area contributed by atoms with Crippen LogP contribution in [0.2, 0.25) is 0 Å². The SMILES string of the molecule is C=C(OCC)C(C)(C)Oc1ccc(CO)cc1. The summed E-state index contributed by atoms with van der Waals surface area (Å²) < 4.78 is 11.2. The molecule has 0 fully saturated rings. The molecule has 0 bridgehead atoms. The summed E-state index contributed by atoms with van der Waals surface area (Å²) in [7, 11) is 0. The third-order valence-corrected chi connectivity index (χ3v) is 2.47. The van der Waals surface area contributed by atoms with Crippen molar-refractivity contribution in [2.24, 2.45) is 0 Å². The van der Waals surface area contributed by atoms with Crippen molar-refractivity contribution in [3.8, 4) is 5.75 Å². The molecular formula is C14H20O3. The number of ether oxygens (including phenoxy) is 2. The van der Waals surface area contributed by atoms with Crippen molar-refractivity contribution in [2.75, 3.05) is 6.61 Å². The minimum atomic E-state index is -0.573. The van der Waals surface area contributed by atoms with Gasteiger partial charge in [-0.15, -0.1) is 0 Å². The Bertz CT molecular complexity index is 366. The van der Waals surface area contributed by atoms with Gasteiger partial charge in [0.15, 0.2) is 5.60 Å². The van der Waals surface area contributed by atoms with Crippen LogP contribution in [0.1, 0.15) is 26.3 Å². The lowest BCUT2D eigenvalue weighted by molar-refractivity contribution is 0.0642. The molecule has 0 aliphatic carbocycles. The molecule has 0 aliphatic rings. The van der Waals surface area contributed by atoms with Crippen LogP contribution in [0.5, 0.6) is 5.75 Å². The number of aliphatic hydroxyl groups is 1. The van der Waals surface area contributed by atoms with Gasteiger partial charge in [-0.2, -0.15) is 0 Å². The summed E-state index contributed by atoms with van der Waals surface area (Å²) in [5.41, 5.74) is 0.287. The van der Waals surface area contributed by atoms with E-state index in [4.69, 9.17) is 14.6 Å². The predicted molar refractivity (Wildman–Crippen MR) is 67.8 cm³/mol. The third-order valence-electron chi connectivity index (χ3n) is 2.47. The number of aliphatic hydroxyl groups excluding tert-OH is 1. The van der Waals surface area contributed by atoms with E-state index in [2.05, 4.69) is 6.58 Å². The number of benzene rings is 1. The zero-order valence-electron chi connectivity index (χ0n) is 10.7. The summed E-state index contributed by atoms with van der Waals surface area (Å²) in [6.07, 6.45) is 0. The molecule has 0 aromatic heterocycles. The average molecular weight is 236 g/mol. The van der Waals surface area contributed by atoms with E-state index >= 15 is 0 Å². The molecule has 1 aromatic carbocycles. The van der Waals surface area contributed by atoms with Gasteiger partial charge in [0, 0.05) is 0 Å². The Morgan fingerprint density at radius 3 is 2.35 bits per heavy atom. The van der Waals surface area contributed by atoms with Crippen LogP contribution >= 0.6 is 0 Å². The molecule has 0 unspecified atom stereocenters. The largest absolute Gasteiger partial charge is 0.495 e. The second-order valence-corrected chi connectivity index (χ2v) is 4.27. The topological polar surface area (TPSA) is 38.7 Å². The van der Waals surface area contributed by atoms with Crippen LogP contribution in [0, 0.1) is 0 Å². The molecule has 0 amide bonds. The van der Waals surface area contributed by atoms with Crippen LogP contribution in [0.25, 0.3) is 0 Å².